The molecule has 3 rings (SSSR count). The van der Waals surface area contributed by atoms with Gasteiger partial charge in [0.05, 0.1) is 11.5 Å². The Hall–Kier alpha value is -2.38. The minimum absolute atomic E-state index is 0.0587. The highest BCUT2D eigenvalue weighted by atomic mass is 79.9. The summed E-state index contributed by atoms with van der Waals surface area (Å²) in [7, 11) is 0. The van der Waals surface area contributed by atoms with Gasteiger partial charge in [-0.2, -0.15) is 5.26 Å². The zero-order chi connectivity index (χ0) is 18.0. The van der Waals surface area contributed by atoms with Crippen LogP contribution >= 0.6 is 15.9 Å². The summed E-state index contributed by atoms with van der Waals surface area (Å²) in [4.78, 5) is 15.1. The lowest BCUT2D eigenvalue weighted by Gasteiger charge is -2.23. The van der Waals surface area contributed by atoms with Gasteiger partial charge in [0.1, 0.15) is 0 Å². The van der Waals surface area contributed by atoms with Crippen LogP contribution in [0.2, 0.25) is 0 Å². The van der Waals surface area contributed by atoms with Gasteiger partial charge in [0, 0.05) is 15.6 Å². The number of aromatic amines is 1. The molecule has 25 heavy (non-hydrogen) atoms. The average Bonchev–Trinajstić information content (AvgIpc) is 2.62. The fraction of sp³-hybridized carbons (Fsp3) is 0.238. The molecule has 0 spiro atoms. The second-order valence-corrected chi connectivity index (χ2v) is 7.35. The molecule has 0 saturated carbocycles. The maximum Gasteiger partial charge on any atom is 0.251 e. The summed E-state index contributed by atoms with van der Waals surface area (Å²) in [5.41, 5.74) is 2.79. The highest BCUT2D eigenvalue weighted by Crippen LogP contribution is 2.32. The van der Waals surface area contributed by atoms with Crippen LogP contribution in [-0.2, 0) is 18.3 Å². The van der Waals surface area contributed by atoms with Crippen molar-refractivity contribution < 1.29 is 0 Å². The predicted molar refractivity (Wildman–Crippen MR) is 105 cm³/mol. The van der Waals surface area contributed by atoms with Gasteiger partial charge in [0.2, 0.25) is 0 Å². The van der Waals surface area contributed by atoms with Crippen molar-refractivity contribution in [3.63, 3.8) is 0 Å². The van der Waals surface area contributed by atoms with E-state index in [1.165, 1.54) is 0 Å². The third-order valence-corrected chi connectivity index (χ3v) is 5.46. The molecule has 0 amide bonds. The Morgan fingerprint density at radius 1 is 1.16 bits per heavy atom. The first kappa shape index (κ1) is 17.4. The molecule has 3 aromatic rings. The van der Waals surface area contributed by atoms with E-state index in [0.29, 0.717) is 12.8 Å². The maximum atomic E-state index is 12.1. The van der Waals surface area contributed by atoms with Crippen LogP contribution < -0.4 is 5.56 Å². The normalized spacial score (nSPS) is 13.4. The number of hydrogen-bond acceptors (Lipinski definition) is 2. The number of rotatable bonds is 4. The molecule has 1 aromatic heterocycles. The van der Waals surface area contributed by atoms with E-state index in [4.69, 9.17) is 0 Å². The molecule has 2 aromatic carbocycles. The van der Waals surface area contributed by atoms with Crippen molar-refractivity contribution in [2.45, 2.75) is 32.1 Å². The van der Waals surface area contributed by atoms with Crippen LogP contribution in [-0.4, -0.2) is 4.98 Å². The van der Waals surface area contributed by atoms with E-state index in [9.17, 15) is 10.1 Å². The Labute approximate surface area is 155 Å². The summed E-state index contributed by atoms with van der Waals surface area (Å²) in [5, 5.41) is 10.8. The van der Waals surface area contributed by atoms with Crippen LogP contribution in [0.5, 0.6) is 0 Å². The van der Waals surface area contributed by atoms with Crippen molar-refractivity contribution >= 4 is 26.8 Å². The van der Waals surface area contributed by atoms with Gasteiger partial charge in [-0.25, -0.2) is 0 Å². The summed E-state index contributed by atoms with van der Waals surface area (Å²) >= 11 is 3.56. The minimum Gasteiger partial charge on any atom is -0.322 e. The number of halogens is 1. The molecule has 1 N–H and O–H groups in total. The van der Waals surface area contributed by atoms with Crippen LogP contribution in [0, 0.1) is 11.3 Å². The molecule has 0 radical (unpaired) electrons. The fourth-order valence-electron chi connectivity index (χ4n) is 3.08. The number of aryl methyl sites for hydroxylation is 1. The zero-order valence-electron chi connectivity index (χ0n) is 14.3. The molecular weight excluding hydrogens is 376 g/mol. The highest BCUT2D eigenvalue weighted by molar-refractivity contribution is 9.10. The predicted octanol–water partition coefficient (Wildman–Crippen LogP) is 4.88. The van der Waals surface area contributed by atoms with Crippen molar-refractivity contribution in [1.29, 1.82) is 5.26 Å². The SMILES string of the molecule is CCc1cc2ccc(C(C)(C#N)Cc3ccccc3Br)cc2[nH]c1=O. The summed E-state index contributed by atoms with van der Waals surface area (Å²) < 4.78 is 0.998. The number of aromatic nitrogens is 1. The summed E-state index contributed by atoms with van der Waals surface area (Å²) in [5.74, 6) is 0. The van der Waals surface area contributed by atoms with Crippen molar-refractivity contribution in [3.05, 3.63) is 80.0 Å². The number of fused-ring (bicyclic) bond motifs is 1. The molecule has 1 unspecified atom stereocenters. The summed E-state index contributed by atoms with van der Waals surface area (Å²) in [6.45, 7) is 3.90. The van der Waals surface area contributed by atoms with Gasteiger partial charge in [0.15, 0.2) is 0 Å². The number of pyridine rings is 1. The Morgan fingerprint density at radius 2 is 1.92 bits per heavy atom. The topological polar surface area (TPSA) is 56.6 Å². The summed E-state index contributed by atoms with van der Waals surface area (Å²) in [6.07, 6.45) is 1.29. The molecule has 0 saturated heterocycles. The third kappa shape index (κ3) is 3.38. The van der Waals surface area contributed by atoms with E-state index >= 15 is 0 Å². The average molecular weight is 395 g/mol. The first-order valence-electron chi connectivity index (χ1n) is 8.28. The molecular formula is C21H19BrN2O. The van der Waals surface area contributed by atoms with Crippen LogP contribution in [0.4, 0.5) is 0 Å². The van der Waals surface area contributed by atoms with Crippen LogP contribution in [0.15, 0.2) is 57.8 Å². The number of nitrogens with one attached hydrogen (secondary N) is 1. The molecule has 0 fully saturated rings. The smallest absolute Gasteiger partial charge is 0.251 e. The van der Waals surface area contributed by atoms with Crippen LogP contribution in [0.25, 0.3) is 10.9 Å². The second-order valence-electron chi connectivity index (χ2n) is 6.49. The standard InChI is InChI=1S/C21H19BrN2O/c1-3-14-10-15-8-9-17(11-19(15)24-20(14)25)21(2,13-23)12-16-6-4-5-7-18(16)22/h4-11H,3,12H2,1-2H3,(H,24,25). The lowest BCUT2D eigenvalue weighted by atomic mass is 9.78. The minimum atomic E-state index is -0.682. The molecule has 0 aliphatic carbocycles. The van der Waals surface area contributed by atoms with Gasteiger partial charge in [0.25, 0.3) is 5.56 Å². The monoisotopic (exact) mass is 394 g/mol. The van der Waals surface area contributed by atoms with E-state index in [1.54, 1.807) is 0 Å². The van der Waals surface area contributed by atoms with E-state index < -0.39 is 5.41 Å². The zero-order valence-corrected chi connectivity index (χ0v) is 15.9. The molecule has 126 valence electrons. The molecule has 4 heteroatoms. The molecule has 3 nitrogen and oxygen atoms in total. The molecule has 0 aliphatic heterocycles. The Kier molecular flexibility index (Phi) is 4.78. The van der Waals surface area contributed by atoms with E-state index in [2.05, 4.69) is 27.0 Å². The first-order valence-corrected chi connectivity index (χ1v) is 9.07. The third-order valence-electron chi connectivity index (χ3n) is 4.69. The maximum absolute atomic E-state index is 12.1. The van der Waals surface area contributed by atoms with Crippen molar-refractivity contribution in [3.8, 4) is 6.07 Å². The molecule has 1 atom stereocenters. The quantitative estimate of drug-likeness (QED) is 0.685. The van der Waals surface area contributed by atoms with E-state index in [1.807, 2.05) is 62.4 Å². The van der Waals surface area contributed by atoms with E-state index in [-0.39, 0.29) is 5.56 Å². The number of nitrogens with zero attached hydrogens (tertiary/aromatic N) is 1. The second kappa shape index (κ2) is 6.85. The number of benzene rings is 2. The van der Waals surface area contributed by atoms with Crippen LogP contribution in [0.3, 0.4) is 0 Å². The molecule has 0 aliphatic rings. The van der Waals surface area contributed by atoms with Crippen LogP contribution in [0.1, 0.15) is 30.5 Å². The largest absolute Gasteiger partial charge is 0.322 e. The lowest BCUT2D eigenvalue weighted by molar-refractivity contribution is 0.606. The first-order chi connectivity index (χ1) is 12.0. The van der Waals surface area contributed by atoms with Gasteiger partial charge < -0.3 is 4.98 Å². The summed E-state index contributed by atoms with van der Waals surface area (Å²) in [6, 6.07) is 18.2. The van der Waals surface area contributed by atoms with E-state index in [0.717, 1.165) is 32.1 Å². The highest BCUT2D eigenvalue weighted by Gasteiger charge is 2.28. The number of nitriles is 1. The lowest BCUT2D eigenvalue weighted by Crippen LogP contribution is -2.23. The Morgan fingerprint density at radius 3 is 2.60 bits per heavy atom. The van der Waals surface area contributed by atoms with Crippen molar-refractivity contribution in [1.82, 2.24) is 4.98 Å². The Bertz CT molecular complexity index is 1030. The number of H-pyrrole nitrogens is 1. The van der Waals surface area contributed by atoms with Gasteiger partial charge in [-0.05, 0) is 54.5 Å². The fourth-order valence-corrected chi connectivity index (χ4v) is 3.51. The Balaban J connectivity index is 2.07. The van der Waals surface area contributed by atoms with Crippen molar-refractivity contribution in [2.75, 3.05) is 0 Å². The number of hydrogen-bond donors (Lipinski definition) is 1. The van der Waals surface area contributed by atoms with Gasteiger partial charge in [-0.15, -0.1) is 0 Å². The molecule has 0 bridgehead atoms. The van der Waals surface area contributed by atoms with Gasteiger partial charge >= 0.3 is 0 Å². The van der Waals surface area contributed by atoms with Gasteiger partial charge in [-0.1, -0.05) is 53.2 Å². The van der Waals surface area contributed by atoms with Gasteiger partial charge in [-0.3, -0.25) is 4.79 Å². The van der Waals surface area contributed by atoms with Crippen molar-refractivity contribution in [2.24, 2.45) is 0 Å². The molecule has 1 heterocycles.